The van der Waals surface area contributed by atoms with E-state index in [2.05, 4.69) is 15.6 Å². The fourth-order valence-corrected chi connectivity index (χ4v) is 3.04. The van der Waals surface area contributed by atoms with Crippen LogP contribution in [0.4, 0.5) is 20.3 Å². The Labute approximate surface area is 145 Å². The van der Waals surface area contributed by atoms with Crippen LogP contribution in [0.15, 0.2) is 36.5 Å². The summed E-state index contributed by atoms with van der Waals surface area (Å²) in [5, 5.41) is 6.06. The van der Waals surface area contributed by atoms with E-state index in [1.54, 1.807) is 12.3 Å². The van der Waals surface area contributed by atoms with Crippen LogP contribution in [0.25, 0.3) is 0 Å². The molecule has 1 heterocycles. The monoisotopic (exact) mass is 345 g/mol. The van der Waals surface area contributed by atoms with Gasteiger partial charge in [0.05, 0.1) is 11.9 Å². The summed E-state index contributed by atoms with van der Waals surface area (Å²) < 4.78 is 26.1. The molecule has 1 aromatic carbocycles. The largest absolute Gasteiger partial charge is 0.381 e. The van der Waals surface area contributed by atoms with Crippen LogP contribution in [0, 0.1) is 11.6 Å². The van der Waals surface area contributed by atoms with Gasteiger partial charge in [-0.3, -0.25) is 4.79 Å². The maximum absolute atomic E-state index is 13.2. The third-order valence-electron chi connectivity index (χ3n) is 4.41. The van der Waals surface area contributed by atoms with Crippen LogP contribution >= 0.6 is 0 Å². The highest BCUT2D eigenvalue weighted by molar-refractivity contribution is 6.03. The van der Waals surface area contributed by atoms with Crippen molar-refractivity contribution in [1.82, 2.24) is 4.98 Å². The Morgan fingerprint density at radius 1 is 1.00 bits per heavy atom. The number of carbonyl (C=O) groups is 1. The number of benzene rings is 1. The summed E-state index contributed by atoms with van der Waals surface area (Å²) in [5.74, 6) is -2.20. The van der Waals surface area contributed by atoms with E-state index >= 15 is 0 Å². The van der Waals surface area contributed by atoms with E-state index in [9.17, 15) is 13.6 Å². The maximum atomic E-state index is 13.2. The fraction of sp³-hybridized carbons (Fsp3) is 0.368. The first kappa shape index (κ1) is 17.3. The van der Waals surface area contributed by atoms with Gasteiger partial charge in [0, 0.05) is 11.6 Å². The number of hydrogen-bond donors (Lipinski definition) is 2. The number of amides is 1. The van der Waals surface area contributed by atoms with E-state index < -0.39 is 17.5 Å². The number of hydrogen-bond acceptors (Lipinski definition) is 3. The first-order valence-corrected chi connectivity index (χ1v) is 8.61. The summed E-state index contributed by atoms with van der Waals surface area (Å²) in [6, 6.07) is 7.04. The molecule has 1 amide bonds. The predicted octanol–water partition coefficient (Wildman–Crippen LogP) is 4.75. The van der Waals surface area contributed by atoms with Crippen LogP contribution in [0.2, 0.25) is 0 Å². The van der Waals surface area contributed by atoms with Crippen LogP contribution in [-0.2, 0) is 0 Å². The van der Waals surface area contributed by atoms with Crippen molar-refractivity contribution in [1.29, 1.82) is 0 Å². The van der Waals surface area contributed by atoms with E-state index in [4.69, 9.17) is 0 Å². The molecule has 0 spiro atoms. The number of nitrogens with zero attached hydrogens (tertiary/aromatic N) is 1. The lowest BCUT2D eigenvalue weighted by molar-refractivity contribution is 0.102. The number of nitrogens with one attached hydrogen (secondary N) is 2. The molecule has 6 heteroatoms. The molecule has 2 N–H and O–H groups in total. The van der Waals surface area contributed by atoms with Crippen LogP contribution in [0.3, 0.4) is 0 Å². The van der Waals surface area contributed by atoms with E-state index in [-0.39, 0.29) is 5.56 Å². The molecule has 25 heavy (non-hydrogen) atoms. The zero-order chi connectivity index (χ0) is 17.6. The molecule has 1 aliphatic rings. The highest BCUT2D eigenvalue weighted by atomic mass is 19.2. The average Bonchev–Trinajstić information content (AvgIpc) is 2.87. The molecule has 132 valence electrons. The van der Waals surface area contributed by atoms with Gasteiger partial charge in [0.2, 0.25) is 0 Å². The summed E-state index contributed by atoms with van der Waals surface area (Å²) in [6.07, 6.45) is 9.08. The summed E-state index contributed by atoms with van der Waals surface area (Å²) >= 11 is 0. The smallest absolute Gasteiger partial charge is 0.256 e. The molecule has 4 nitrogen and oxygen atoms in total. The second-order valence-electron chi connectivity index (χ2n) is 6.35. The van der Waals surface area contributed by atoms with Gasteiger partial charge in [0.15, 0.2) is 11.6 Å². The van der Waals surface area contributed by atoms with Crippen molar-refractivity contribution in [3.05, 3.63) is 53.7 Å². The van der Waals surface area contributed by atoms with Gasteiger partial charge in [-0.2, -0.15) is 0 Å². The third kappa shape index (κ3) is 4.75. The standard InChI is InChI=1S/C19H21F2N3O/c20-16-9-7-13(11-17(16)21)19(25)24-18-10-8-15(12-22-18)23-14-5-3-1-2-4-6-14/h7-12,14,23H,1-6H2,(H,22,24,25). The molecule has 2 aromatic rings. The highest BCUT2D eigenvalue weighted by Gasteiger charge is 2.13. The van der Waals surface area contributed by atoms with Crippen molar-refractivity contribution in [2.75, 3.05) is 10.6 Å². The summed E-state index contributed by atoms with van der Waals surface area (Å²) in [4.78, 5) is 16.3. The Hall–Kier alpha value is -2.50. The molecule has 3 rings (SSSR count). The lowest BCUT2D eigenvalue weighted by Crippen LogP contribution is -2.18. The second kappa shape index (κ2) is 8.05. The minimum absolute atomic E-state index is 0.0429. The number of pyridine rings is 1. The van der Waals surface area contributed by atoms with Crippen molar-refractivity contribution in [3.8, 4) is 0 Å². The Morgan fingerprint density at radius 3 is 2.40 bits per heavy atom. The molecule has 0 unspecified atom stereocenters. The van der Waals surface area contributed by atoms with E-state index in [0.29, 0.717) is 11.9 Å². The van der Waals surface area contributed by atoms with E-state index in [0.717, 1.165) is 30.7 Å². The first-order valence-electron chi connectivity index (χ1n) is 8.61. The SMILES string of the molecule is O=C(Nc1ccc(NC2CCCCCC2)cn1)c1ccc(F)c(F)c1. The van der Waals surface area contributed by atoms with Gasteiger partial charge in [-0.05, 0) is 43.2 Å². The molecular weight excluding hydrogens is 324 g/mol. The molecule has 1 saturated carbocycles. The lowest BCUT2D eigenvalue weighted by Gasteiger charge is -2.17. The minimum atomic E-state index is -1.05. The van der Waals surface area contributed by atoms with Crippen molar-refractivity contribution in [3.63, 3.8) is 0 Å². The van der Waals surface area contributed by atoms with Gasteiger partial charge in [-0.15, -0.1) is 0 Å². The van der Waals surface area contributed by atoms with Crippen molar-refractivity contribution >= 4 is 17.4 Å². The molecular formula is C19H21F2N3O. The van der Waals surface area contributed by atoms with Crippen molar-refractivity contribution < 1.29 is 13.6 Å². The van der Waals surface area contributed by atoms with E-state index in [1.165, 1.54) is 31.7 Å². The Morgan fingerprint density at radius 2 is 1.76 bits per heavy atom. The fourth-order valence-electron chi connectivity index (χ4n) is 3.04. The predicted molar refractivity (Wildman–Crippen MR) is 93.7 cm³/mol. The van der Waals surface area contributed by atoms with Crippen molar-refractivity contribution in [2.45, 2.75) is 44.6 Å². The van der Waals surface area contributed by atoms with Gasteiger partial charge >= 0.3 is 0 Å². The number of halogens is 2. The molecule has 0 bridgehead atoms. The number of rotatable bonds is 4. The highest BCUT2D eigenvalue weighted by Crippen LogP contribution is 2.21. The van der Waals surface area contributed by atoms with Crippen LogP contribution in [0.1, 0.15) is 48.9 Å². The molecule has 0 aliphatic heterocycles. The molecule has 1 fully saturated rings. The summed E-state index contributed by atoms with van der Waals surface area (Å²) in [7, 11) is 0. The molecule has 1 aliphatic carbocycles. The Balaban J connectivity index is 1.59. The average molecular weight is 345 g/mol. The Kier molecular flexibility index (Phi) is 5.58. The molecule has 1 aromatic heterocycles. The zero-order valence-corrected chi connectivity index (χ0v) is 13.9. The normalized spacial score (nSPS) is 15.4. The zero-order valence-electron chi connectivity index (χ0n) is 13.9. The number of anilines is 2. The first-order chi connectivity index (χ1) is 12.1. The summed E-state index contributed by atoms with van der Waals surface area (Å²) in [6.45, 7) is 0. The van der Waals surface area contributed by atoms with Gasteiger partial charge in [-0.1, -0.05) is 25.7 Å². The van der Waals surface area contributed by atoms with Crippen LogP contribution in [0.5, 0.6) is 0 Å². The molecule has 0 atom stereocenters. The summed E-state index contributed by atoms with van der Waals surface area (Å²) in [5.41, 5.74) is 0.957. The van der Waals surface area contributed by atoms with Gasteiger partial charge < -0.3 is 10.6 Å². The molecule has 0 saturated heterocycles. The third-order valence-corrected chi connectivity index (χ3v) is 4.41. The minimum Gasteiger partial charge on any atom is -0.381 e. The number of aromatic nitrogens is 1. The van der Waals surface area contributed by atoms with E-state index in [1.807, 2.05) is 6.07 Å². The Bertz CT molecular complexity index is 726. The topological polar surface area (TPSA) is 54.0 Å². The molecule has 0 radical (unpaired) electrons. The van der Waals surface area contributed by atoms with Gasteiger partial charge in [0.25, 0.3) is 5.91 Å². The number of carbonyl (C=O) groups excluding carboxylic acids is 1. The van der Waals surface area contributed by atoms with Crippen LogP contribution < -0.4 is 10.6 Å². The quantitative estimate of drug-likeness (QED) is 0.787. The van der Waals surface area contributed by atoms with Gasteiger partial charge in [0.1, 0.15) is 5.82 Å². The van der Waals surface area contributed by atoms with Gasteiger partial charge in [-0.25, -0.2) is 13.8 Å². The second-order valence-corrected chi connectivity index (χ2v) is 6.35. The lowest BCUT2D eigenvalue weighted by atomic mass is 10.1. The maximum Gasteiger partial charge on any atom is 0.256 e. The van der Waals surface area contributed by atoms with Crippen LogP contribution in [-0.4, -0.2) is 16.9 Å². The van der Waals surface area contributed by atoms with Crippen molar-refractivity contribution in [2.24, 2.45) is 0 Å².